The van der Waals surface area contributed by atoms with Crippen LogP contribution >= 0.6 is 0 Å². The summed E-state index contributed by atoms with van der Waals surface area (Å²) in [5.74, 6) is 0.279. The van der Waals surface area contributed by atoms with Crippen LogP contribution in [0.1, 0.15) is 34.7 Å². The molecule has 1 aliphatic carbocycles. The van der Waals surface area contributed by atoms with Gasteiger partial charge in [0, 0.05) is 22.5 Å². The van der Waals surface area contributed by atoms with Crippen LogP contribution in [0.2, 0.25) is 0 Å². The molecule has 1 N–H and O–H groups in total. The van der Waals surface area contributed by atoms with E-state index in [1.54, 1.807) is 6.07 Å². The summed E-state index contributed by atoms with van der Waals surface area (Å²) in [6.07, 6.45) is 6.14. The number of hydrogen-bond acceptors (Lipinski definition) is 2. The number of rotatable bonds is 9. The highest BCUT2D eigenvalue weighted by Gasteiger charge is 2.47. The van der Waals surface area contributed by atoms with Crippen molar-refractivity contribution in [3.05, 3.63) is 240 Å². The van der Waals surface area contributed by atoms with Gasteiger partial charge in [-0.2, -0.15) is 0 Å². The molecule has 0 aliphatic heterocycles. The summed E-state index contributed by atoms with van der Waals surface area (Å²) < 4.78 is 0. The third-order valence-electron chi connectivity index (χ3n) is 10.2. The van der Waals surface area contributed by atoms with Gasteiger partial charge in [0.2, 0.25) is 0 Å². The van der Waals surface area contributed by atoms with Gasteiger partial charge < -0.3 is 10.0 Å². The zero-order valence-corrected chi connectivity index (χ0v) is 29.2. The second kappa shape index (κ2) is 13.9. The van der Waals surface area contributed by atoms with E-state index in [-0.39, 0.29) is 5.75 Å². The molecule has 0 amide bonds. The number of phenols is 1. The standard InChI is InChI=1S/C50H39NO/c1-3-18-47(43(4-2)38-21-11-6-12-22-38)51(41-31-29-37(30-32-41)36-19-9-5-10-20-36)42-33-34-44-46(35-42)50(39-23-13-7-14-24-39,40-25-15-8-16-26-40)45-27-17-28-48(52)49(44)45/h3-35,52H,1H2,2H3/b43-4-,47-18+. The molecule has 0 radical (unpaired) electrons. The van der Waals surface area contributed by atoms with Crippen LogP contribution in [0.3, 0.4) is 0 Å². The van der Waals surface area contributed by atoms with Crippen LogP contribution in [0.25, 0.3) is 27.8 Å². The van der Waals surface area contributed by atoms with Crippen LogP contribution in [-0.4, -0.2) is 5.11 Å². The van der Waals surface area contributed by atoms with E-state index >= 15 is 0 Å². The second-order valence-electron chi connectivity index (χ2n) is 13.0. The summed E-state index contributed by atoms with van der Waals surface area (Å²) >= 11 is 0. The number of fused-ring (bicyclic) bond motifs is 3. The normalized spacial score (nSPS) is 13.2. The Morgan fingerprint density at radius 2 is 1.13 bits per heavy atom. The maximum Gasteiger partial charge on any atom is 0.123 e. The predicted octanol–water partition coefficient (Wildman–Crippen LogP) is 12.7. The van der Waals surface area contributed by atoms with Crippen molar-refractivity contribution < 1.29 is 5.11 Å². The topological polar surface area (TPSA) is 23.5 Å². The Morgan fingerprint density at radius 1 is 0.577 bits per heavy atom. The lowest BCUT2D eigenvalue weighted by molar-refractivity contribution is 0.477. The van der Waals surface area contributed by atoms with Crippen molar-refractivity contribution in [2.75, 3.05) is 4.90 Å². The quantitative estimate of drug-likeness (QED) is 0.155. The van der Waals surface area contributed by atoms with Crippen LogP contribution in [0.5, 0.6) is 5.75 Å². The van der Waals surface area contributed by atoms with E-state index in [2.05, 4.69) is 188 Å². The molecule has 52 heavy (non-hydrogen) atoms. The van der Waals surface area contributed by atoms with Gasteiger partial charge in [-0.1, -0.05) is 170 Å². The number of allylic oxidation sites excluding steroid dienone is 4. The third kappa shape index (κ3) is 5.46. The Kier molecular flexibility index (Phi) is 8.73. The lowest BCUT2D eigenvalue weighted by atomic mass is 9.67. The number of anilines is 2. The van der Waals surface area contributed by atoms with Gasteiger partial charge in [0.1, 0.15) is 5.75 Å². The molecule has 0 aromatic heterocycles. The van der Waals surface area contributed by atoms with Gasteiger partial charge in [0.25, 0.3) is 0 Å². The fourth-order valence-electron chi connectivity index (χ4n) is 7.98. The SMILES string of the molecule is C=C/C=C(\C(=C/C)c1ccccc1)N(c1ccc(-c2ccccc2)cc1)c1ccc2c(c1)C(c1ccccc1)(c1ccccc1)c1cccc(O)c1-2. The molecule has 8 rings (SSSR count). The average Bonchev–Trinajstić information content (AvgIpc) is 3.51. The van der Waals surface area contributed by atoms with E-state index < -0.39 is 5.41 Å². The summed E-state index contributed by atoms with van der Waals surface area (Å²) in [4.78, 5) is 2.34. The zero-order chi connectivity index (χ0) is 35.5. The molecule has 250 valence electrons. The van der Waals surface area contributed by atoms with Crippen molar-refractivity contribution >= 4 is 16.9 Å². The van der Waals surface area contributed by atoms with E-state index in [0.29, 0.717) is 0 Å². The van der Waals surface area contributed by atoms with Crippen LogP contribution in [0, 0.1) is 0 Å². The first kappa shape index (κ1) is 32.6. The van der Waals surface area contributed by atoms with Gasteiger partial charge in [-0.05, 0) is 87.8 Å². The first-order chi connectivity index (χ1) is 25.6. The molecule has 0 atom stereocenters. The second-order valence-corrected chi connectivity index (χ2v) is 13.0. The molecule has 0 spiro atoms. The minimum absolute atomic E-state index is 0.279. The van der Waals surface area contributed by atoms with Gasteiger partial charge in [-0.3, -0.25) is 0 Å². The Balaban J connectivity index is 1.41. The predicted molar refractivity (Wildman–Crippen MR) is 218 cm³/mol. The van der Waals surface area contributed by atoms with Gasteiger partial charge >= 0.3 is 0 Å². The van der Waals surface area contributed by atoms with Crippen molar-refractivity contribution in [2.24, 2.45) is 0 Å². The fourth-order valence-corrected chi connectivity index (χ4v) is 7.98. The van der Waals surface area contributed by atoms with Crippen molar-refractivity contribution in [1.29, 1.82) is 0 Å². The van der Waals surface area contributed by atoms with E-state index in [0.717, 1.165) is 67.2 Å². The van der Waals surface area contributed by atoms with Crippen molar-refractivity contribution in [2.45, 2.75) is 12.3 Å². The Bertz CT molecular complexity index is 2370. The highest BCUT2D eigenvalue weighted by Crippen LogP contribution is 2.59. The molecular weight excluding hydrogens is 631 g/mol. The number of nitrogens with zero attached hydrogens (tertiary/aromatic N) is 1. The van der Waals surface area contributed by atoms with Gasteiger partial charge in [-0.25, -0.2) is 0 Å². The molecule has 0 heterocycles. The first-order valence-corrected chi connectivity index (χ1v) is 17.7. The highest BCUT2D eigenvalue weighted by atomic mass is 16.3. The lowest BCUT2D eigenvalue weighted by Gasteiger charge is -2.35. The first-order valence-electron chi connectivity index (χ1n) is 17.7. The lowest BCUT2D eigenvalue weighted by Crippen LogP contribution is -2.29. The third-order valence-corrected chi connectivity index (χ3v) is 10.2. The van der Waals surface area contributed by atoms with Crippen molar-refractivity contribution in [3.63, 3.8) is 0 Å². The van der Waals surface area contributed by atoms with E-state index in [4.69, 9.17) is 0 Å². The largest absolute Gasteiger partial charge is 0.507 e. The van der Waals surface area contributed by atoms with Gasteiger partial charge in [0.05, 0.1) is 11.1 Å². The van der Waals surface area contributed by atoms with Crippen LogP contribution in [0.4, 0.5) is 11.4 Å². The van der Waals surface area contributed by atoms with Crippen LogP contribution in [0.15, 0.2) is 212 Å². The molecule has 7 aromatic carbocycles. The molecule has 0 saturated carbocycles. The molecule has 0 unspecified atom stereocenters. The van der Waals surface area contributed by atoms with Gasteiger partial charge in [0.15, 0.2) is 0 Å². The minimum atomic E-state index is -0.671. The zero-order valence-electron chi connectivity index (χ0n) is 29.2. The highest BCUT2D eigenvalue weighted by molar-refractivity contribution is 5.93. The summed E-state index contributed by atoms with van der Waals surface area (Å²) in [6, 6.07) is 63.8. The maximum absolute atomic E-state index is 11.5. The molecule has 0 fully saturated rings. The Hall–Kier alpha value is -6.64. The summed E-state index contributed by atoms with van der Waals surface area (Å²) in [5, 5.41) is 11.5. The summed E-state index contributed by atoms with van der Waals surface area (Å²) in [5.41, 5.74) is 13.2. The van der Waals surface area contributed by atoms with Crippen LogP contribution < -0.4 is 4.90 Å². The molecule has 7 aromatic rings. The molecule has 1 aliphatic rings. The summed E-state index contributed by atoms with van der Waals surface area (Å²) in [6.45, 7) is 6.26. The smallest absolute Gasteiger partial charge is 0.123 e. The van der Waals surface area contributed by atoms with Crippen molar-refractivity contribution in [1.82, 2.24) is 0 Å². The van der Waals surface area contributed by atoms with Crippen molar-refractivity contribution in [3.8, 4) is 28.0 Å². The fraction of sp³-hybridized carbons (Fsp3) is 0.0400. The molecule has 2 heteroatoms. The Labute approximate surface area is 306 Å². The monoisotopic (exact) mass is 669 g/mol. The summed E-state index contributed by atoms with van der Waals surface area (Å²) in [7, 11) is 0. The number of hydrogen-bond donors (Lipinski definition) is 1. The average molecular weight is 670 g/mol. The van der Waals surface area contributed by atoms with E-state index in [1.165, 1.54) is 5.56 Å². The number of benzene rings is 7. The maximum atomic E-state index is 11.5. The minimum Gasteiger partial charge on any atom is -0.507 e. The molecule has 0 saturated heterocycles. The number of phenolic OH excluding ortho intramolecular Hbond substituents is 1. The van der Waals surface area contributed by atoms with Crippen LogP contribution in [-0.2, 0) is 5.41 Å². The molecule has 2 nitrogen and oxygen atoms in total. The molecular formula is C50H39NO. The Morgan fingerprint density at radius 3 is 1.73 bits per heavy atom. The number of aromatic hydroxyl groups is 1. The van der Waals surface area contributed by atoms with E-state index in [9.17, 15) is 5.11 Å². The van der Waals surface area contributed by atoms with Gasteiger partial charge in [-0.15, -0.1) is 0 Å². The van der Waals surface area contributed by atoms with E-state index in [1.807, 2.05) is 24.3 Å². The molecule has 0 bridgehead atoms.